The number of nitrogens with zero attached hydrogens (tertiary/aromatic N) is 2. The van der Waals surface area contributed by atoms with Crippen molar-refractivity contribution in [3.63, 3.8) is 0 Å². The van der Waals surface area contributed by atoms with Gasteiger partial charge in [-0.05, 0) is 44.0 Å². The molecule has 1 aromatic carbocycles. The molecule has 0 radical (unpaired) electrons. The fourth-order valence-electron chi connectivity index (χ4n) is 2.97. The van der Waals surface area contributed by atoms with E-state index < -0.39 is 10.0 Å². The Morgan fingerprint density at radius 2 is 2.10 bits per heavy atom. The topological polar surface area (TPSA) is 76.3 Å². The van der Waals surface area contributed by atoms with Gasteiger partial charge in [-0.1, -0.05) is 6.07 Å². The first-order valence-corrected chi connectivity index (χ1v) is 8.55. The van der Waals surface area contributed by atoms with Gasteiger partial charge in [-0.3, -0.25) is 4.98 Å². The van der Waals surface area contributed by atoms with Crippen LogP contribution in [0, 0.1) is 0 Å². The molecule has 1 aliphatic heterocycles. The van der Waals surface area contributed by atoms with Crippen LogP contribution in [0.1, 0.15) is 19.8 Å². The van der Waals surface area contributed by atoms with E-state index in [4.69, 9.17) is 5.73 Å². The van der Waals surface area contributed by atoms with Crippen molar-refractivity contribution in [2.75, 3.05) is 6.54 Å². The fraction of sp³-hybridized carbons (Fsp3) is 0.400. The summed E-state index contributed by atoms with van der Waals surface area (Å²) in [6.45, 7) is 2.39. The van der Waals surface area contributed by atoms with E-state index in [1.54, 1.807) is 34.8 Å². The molecule has 0 aliphatic carbocycles. The van der Waals surface area contributed by atoms with Gasteiger partial charge in [0.25, 0.3) is 0 Å². The minimum atomic E-state index is -3.52. The van der Waals surface area contributed by atoms with Gasteiger partial charge in [0.2, 0.25) is 10.0 Å². The van der Waals surface area contributed by atoms with E-state index in [1.165, 1.54) is 0 Å². The van der Waals surface area contributed by atoms with Crippen molar-refractivity contribution in [2.45, 2.75) is 36.7 Å². The quantitative estimate of drug-likeness (QED) is 0.917. The molecule has 2 N–H and O–H groups in total. The van der Waals surface area contributed by atoms with E-state index in [-0.39, 0.29) is 12.1 Å². The molecule has 0 saturated carbocycles. The van der Waals surface area contributed by atoms with Crippen molar-refractivity contribution in [3.05, 3.63) is 36.5 Å². The number of aromatic nitrogens is 1. The Balaban J connectivity index is 2.09. The van der Waals surface area contributed by atoms with Gasteiger partial charge in [0.05, 0.1) is 10.4 Å². The second-order valence-electron chi connectivity index (χ2n) is 5.58. The first kappa shape index (κ1) is 14.4. The zero-order valence-corrected chi connectivity index (χ0v) is 12.8. The normalized spacial score (nSPS) is 24.3. The van der Waals surface area contributed by atoms with Gasteiger partial charge in [0.15, 0.2) is 0 Å². The van der Waals surface area contributed by atoms with E-state index in [1.807, 2.05) is 13.0 Å². The van der Waals surface area contributed by atoms with Gasteiger partial charge in [0.1, 0.15) is 0 Å². The van der Waals surface area contributed by atoms with Gasteiger partial charge in [-0.15, -0.1) is 0 Å². The predicted octanol–water partition coefficient (Wildman–Crippen LogP) is 1.74. The summed E-state index contributed by atoms with van der Waals surface area (Å²) in [5, 5.41) is 0.669. The van der Waals surface area contributed by atoms with Crippen LogP contribution in [0.5, 0.6) is 0 Å². The second kappa shape index (κ2) is 5.36. The van der Waals surface area contributed by atoms with Crippen LogP contribution < -0.4 is 5.73 Å². The molecular formula is C15H19N3O2S. The van der Waals surface area contributed by atoms with Gasteiger partial charge < -0.3 is 5.73 Å². The molecule has 2 heterocycles. The summed E-state index contributed by atoms with van der Waals surface area (Å²) in [6, 6.07) is 8.78. The largest absolute Gasteiger partial charge is 0.328 e. The maximum absolute atomic E-state index is 13.0. The van der Waals surface area contributed by atoms with Gasteiger partial charge in [-0.2, -0.15) is 4.31 Å². The molecule has 6 heteroatoms. The molecule has 1 saturated heterocycles. The van der Waals surface area contributed by atoms with E-state index in [2.05, 4.69) is 4.98 Å². The predicted molar refractivity (Wildman–Crippen MR) is 82.3 cm³/mol. The molecule has 1 aromatic heterocycles. The highest BCUT2D eigenvalue weighted by Crippen LogP contribution is 2.28. The first-order valence-electron chi connectivity index (χ1n) is 7.11. The highest BCUT2D eigenvalue weighted by Gasteiger charge is 2.34. The summed E-state index contributed by atoms with van der Waals surface area (Å²) in [6.07, 6.45) is 3.07. The molecule has 2 atom stereocenters. The van der Waals surface area contributed by atoms with Crippen LogP contribution in [-0.2, 0) is 10.0 Å². The molecule has 5 nitrogen and oxygen atoms in total. The van der Waals surface area contributed by atoms with Gasteiger partial charge in [0, 0.05) is 30.2 Å². The summed E-state index contributed by atoms with van der Waals surface area (Å²) in [7, 11) is -3.52. The van der Waals surface area contributed by atoms with E-state index in [9.17, 15) is 8.42 Å². The van der Waals surface area contributed by atoms with Crippen LogP contribution in [0.2, 0.25) is 0 Å². The molecule has 1 fully saturated rings. The Morgan fingerprint density at radius 1 is 1.29 bits per heavy atom. The van der Waals surface area contributed by atoms with Gasteiger partial charge >= 0.3 is 0 Å². The Morgan fingerprint density at radius 3 is 2.86 bits per heavy atom. The zero-order valence-electron chi connectivity index (χ0n) is 11.9. The average Bonchev–Trinajstić information content (AvgIpc) is 2.46. The smallest absolute Gasteiger partial charge is 0.243 e. The number of benzene rings is 1. The molecule has 1 aliphatic rings. The van der Waals surface area contributed by atoms with Crippen molar-refractivity contribution in [1.29, 1.82) is 0 Å². The van der Waals surface area contributed by atoms with Crippen molar-refractivity contribution in [3.8, 4) is 0 Å². The van der Waals surface area contributed by atoms with Crippen LogP contribution >= 0.6 is 0 Å². The number of fused-ring (bicyclic) bond motifs is 1. The van der Waals surface area contributed by atoms with E-state index in [0.717, 1.165) is 0 Å². The number of hydrogen-bond acceptors (Lipinski definition) is 4. The monoisotopic (exact) mass is 305 g/mol. The molecule has 3 rings (SSSR count). The summed E-state index contributed by atoms with van der Waals surface area (Å²) in [5.41, 5.74) is 6.62. The lowest BCUT2D eigenvalue weighted by molar-refractivity contribution is 0.247. The molecule has 112 valence electrons. The highest BCUT2D eigenvalue weighted by molar-refractivity contribution is 7.89. The zero-order chi connectivity index (χ0) is 15.0. The number of sulfonamides is 1. The standard InChI is InChI=1S/C15H19N3O2S/c1-11-10-12(16)7-9-18(11)21(19,20)15-6-2-5-14-13(15)4-3-8-17-14/h2-6,8,11-12H,7,9-10,16H2,1H3. The Kier molecular flexibility index (Phi) is 3.69. The van der Waals surface area contributed by atoms with E-state index >= 15 is 0 Å². The van der Waals surface area contributed by atoms with Gasteiger partial charge in [-0.25, -0.2) is 8.42 Å². The number of piperidine rings is 1. The minimum absolute atomic E-state index is 0.0781. The third-order valence-electron chi connectivity index (χ3n) is 4.05. The molecule has 0 bridgehead atoms. The van der Waals surface area contributed by atoms with Crippen LogP contribution in [0.15, 0.2) is 41.4 Å². The van der Waals surface area contributed by atoms with Crippen molar-refractivity contribution >= 4 is 20.9 Å². The molecule has 2 aromatic rings. The number of pyridine rings is 1. The molecular weight excluding hydrogens is 286 g/mol. The SMILES string of the molecule is CC1CC(N)CCN1S(=O)(=O)c1cccc2ncccc12. The molecule has 21 heavy (non-hydrogen) atoms. The first-order chi connectivity index (χ1) is 10.00. The summed E-state index contributed by atoms with van der Waals surface area (Å²) < 4.78 is 27.5. The van der Waals surface area contributed by atoms with Crippen molar-refractivity contribution in [2.24, 2.45) is 5.73 Å². The Bertz CT molecular complexity index is 755. The maximum Gasteiger partial charge on any atom is 0.243 e. The fourth-order valence-corrected chi connectivity index (χ4v) is 4.83. The van der Waals surface area contributed by atoms with Crippen molar-refractivity contribution < 1.29 is 8.42 Å². The summed E-state index contributed by atoms with van der Waals surface area (Å²) in [5.74, 6) is 0. The molecule has 2 unspecified atom stereocenters. The highest BCUT2D eigenvalue weighted by atomic mass is 32.2. The van der Waals surface area contributed by atoms with Crippen molar-refractivity contribution in [1.82, 2.24) is 9.29 Å². The Hall–Kier alpha value is -1.50. The minimum Gasteiger partial charge on any atom is -0.328 e. The molecule has 0 spiro atoms. The Labute approximate surface area is 124 Å². The lowest BCUT2D eigenvalue weighted by Gasteiger charge is -2.35. The summed E-state index contributed by atoms with van der Waals surface area (Å²) >= 11 is 0. The lowest BCUT2D eigenvalue weighted by Crippen LogP contribution is -2.48. The van der Waals surface area contributed by atoms with Crippen LogP contribution in [-0.4, -0.2) is 36.3 Å². The lowest BCUT2D eigenvalue weighted by atomic mass is 10.0. The number of rotatable bonds is 2. The van der Waals surface area contributed by atoms with Crippen LogP contribution in [0.4, 0.5) is 0 Å². The summed E-state index contributed by atoms with van der Waals surface area (Å²) in [4.78, 5) is 4.56. The average molecular weight is 305 g/mol. The number of hydrogen-bond donors (Lipinski definition) is 1. The third kappa shape index (κ3) is 2.54. The second-order valence-corrected chi connectivity index (χ2v) is 7.43. The maximum atomic E-state index is 13.0. The van der Waals surface area contributed by atoms with Crippen LogP contribution in [0.3, 0.4) is 0 Å². The number of nitrogens with two attached hydrogens (primary N) is 1. The third-order valence-corrected chi connectivity index (χ3v) is 6.12. The van der Waals surface area contributed by atoms with Crippen LogP contribution in [0.25, 0.3) is 10.9 Å². The molecule has 0 amide bonds. The van der Waals surface area contributed by atoms with E-state index in [0.29, 0.717) is 35.2 Å².